The lowest BCUT2D eigenvalue weighted by Crippen LogP contribution is -1.96. The standard InChI is InChI=1S/C11H13ClN4O/c1-3-9-4-8(6-12)5-10(14-9)17-11-13-7-16(2)15-11/h4-5,7H,3,6H2,1-2H3. The molecule has 0 aliphatic carbocycles. The highest BCUT2D eigenvalue weighted by Crippen LogP contribution is 2.19. The summed E-state index contributed by atoms with van der Waals surface area (Å²) in [5.41, 5.74) is 1.92. The van der Waals surface area contributed by atoms with E-state index in [4.69, 9.17) is 16.3 Å². The van der Waals surface area contributed by atoms with Gasteiger partial charge in [0.1, 0.15) is 6.33 Å². The van der Waals surface area contributed by atoms with Crippen LogP contribution in [0.1, 0.15) is 18.2 Å². The number of halogens is 1. The predicted molar refractivity (Wildman–Crippen MR) is 64.2 cm³/mol. The van der Waals surface area contributed by atoms with Crippen molar-refractivity contribution < 1.29 is 4.74 Å². The van der Waals surface area contributed by atoms with Crippen molar-refractivity contribution in [1.82, 2.24) is 19.7 Å². The van der Waals surface area contributed by atoms with Gasteiger partial charge < -0.3 is 4.74 Å². The molecule has 2 rings (SSSR count). The van der Waals surface area contributed by atoms with Crippen LogP contribution in [0, 0.1) is 0 Å². The Hall–Kier alpha value is -1.62. The number of hydrogen-bond acceptors (Lipinski definition) is 4. The molecule has 0 amide bonds. The summed E-state index contributed by atoms with van der Waals surface area (Å²) in [6.07, 6.45) is 2.40. The fraction of sp³-hybridized carbons (Fsp3) is 0.364. The Balaban J connectivity index is 2.25. The van der Waals surface area contributed by atoms with Crippen molar-refractivity contribution in [2.24, 2.45) is 7.05 Å². The Bertz CT molecular complexity index is 490. The maximum atomic E-state index is 5.82. The third-order valence-corrected chi connectivity index (χ3v) is 2.51. The average molecular weight is 253 g/mol. The second-order valence-electron chi connectivity index (χ2n) is 3.60. The fourth-order valence-corrected chi connectivity index (χ4v) is 1.55. The van der Waals surface area contributed by atoms with Crippen LogP contribution in [0.3, 0.4) is 0 Å². The van der Waals surface area contributed by atoms with Gasteiger partial charge in [-0.05, 0) is 18.1 Å². The molecule has 0 atom stereocenters. The third kappa shape index (κ3) is 2.94. The van der Waals surface area contributed by atoms with Gasteiger partial charge in [0.25, 0.3) is 0 Å². The van der Waals surface area contributed by atoms with Crippen LogP contribution in [0.5, 0.6) is 11.9 Å². The lowest BCUT2D eigenvalue weighted by Gasteiger charge is -2.05. The molecule has 5 nitrogen and oxygen atoms in total. The normalized spacial score (nSPS) is 10.5. The third-order valence-electron chi connectivity index (χ3n) is 2.21. The Kier molecular flexibility index (Phi) is 3.58. The zero-order valence-corrected chi connectivity index (χ0v) is 10.5. The zero-order chi connectivity index (χ0) is 12.3. The Morgan fingerprint density at radius 2 is 2.24 bits per heavy atom. The van der Waals surface area contributed by atoms with E-state index >= 15 is 0 Å². The van der Waals surface area contributed by atoms with Crippen LogP contribution in [0.2, 0.25) is 0 Å². The maximum Gasteiger partial charge on any atom is 0.342 e. The van der Waals surface area contributed by atoms with E-state index in [-0.39, 0.29) is 6.01 Å². The molecule has 0 fully saturated rings. The number of nitrogens with zero attached hydrogens (tertiary/aromatic N) is 4. The van der Waals surface area contributed by atoms with E-state index in [0.29, 0.717) is 11.8 Å². The van der Waals surface area contributed by atoms with E-state index in [9.17, 15) is 0 Å². The molecule has 2 heterocycles. The molecule has 0 bridgehead atoms. The minimum atomic E-state index is 0.286. The first-order valence-corrected chi connectivity index (χ1v) is 5.84. The van der Waals surface area contributed by atoms with Crippen LogP contribution in [0.15, 0.2) is 18.5 Å². The van der Waals surface area contributed by atoms with Crippen molar-refractivity contribution in [3.63, 3.8) is 0 Å². The minimum absolute atomic E-state index is 0.286. The molecule has 0 unspecified atom stereocenters. The highest BCUT2D eigenvalue weighted by molar-refractivity contribution is 6.17. The van der Waals surface area contributed by atoms with Crippen molar-refractivity contribution in [2.75, 3.05) is 0 Å². The Labute approximate surface area is 104 Å². The number of aromatic nitrogens is 4. The second-order valence-corrected chi connectivity index (χ2v) is 3.86. The van der Waals surface area contributed by atoms with E-state index in [1.54, 1.807) is 24.1 Å². The predicted octanol–water partition coefficient (Wildman–Crippen LogP) is 2.30. The van der Waals surface area contributed by atoms with Crippen LogP contribution in [-0.2, 0) is 19.3 Å². The highest BCUT2D eigenvalue weighted by atomic mass is 35.5. The molecule has 6 heteroatoms. The molecule has 0 aromatic carbocycles. The summed E-state index contributed by atoms with van der Waals surface area (Å²) in [7, 11) is 1.78. The number of aryl methyl sites for hydroxylation is 2. The summed E-state index contributed by atoms with van der Waals surface area (Å²) in [6.45, 7) is 2.03. The summed E-state index contributed by atoms with van der Waals surface area (Å²) in [5.74, 6) is 0.910. The van der Waals surface area contributed by atoms with Gasteiger partial charge in [-0.2, -0.15) is 4.98 Å². The van der Waals surface area contributed by atoms with Crippen LogP contribution < -0.4 is 4.74 Å². The lowest BCUT2D eigenvalue weighted by atomic mass is 10.2. The van der Waals surface area contributed by atoms with Gasteiger partial charge in [0.05, 0.1) is 0 Å². The summed E-state index contributed by atoms with van der Waals surface area (Å²) >= 11 is 5.82. The van der Waals surface area contributed by atoms with Crippen LogP contribution in [0.4, 0.5) is 0 Å². The zero-order valence-electron chi connectivity index (χ0n) is 9.72. The van der Waals surface area contributed by atoms with Gasteiger partial charge in [0, 0.05) is 24.7 Å². The van der Waals surface area contributed by atoms with Crippen LogP contribution in [-0.4, -0.2) is 19.7 Å². The van der Waals surface area contributed by atoms with Gasteiger partial charge in [-0.15, -0.1) is 16.7 Å². The largest absolute Gasteiger partial charge is 0.404 e. The lowest BCUT2D eigenvalue weighted by molar-refractivity contribution is 0.420. The molecule has 0 aliphatic rings. The van der Waals surface area contributed by atoms with E-state index in [0.717, 1.165) is 17.7 Å². The minimum Gasteiger partial charge on any atom is -0.404 e. The smallest absolute Gasteiger partial charge is 0.342 e. The molecule has 0 aliphatic heterocycles. The molecule has 0 saturated carbocycles. The maximum absolute atomic E-state index is 5.82. The number of pyridine rings is 1. The van der Waals surface area contributed by atoms with Crippen molar-refractivity contribution in [2.45, 2.75) is 19.2 Å². The van der Waals surface area contributed by atoms with Gasteiger partial charge in [0.15, 0.2) is 0 Å². The van der Waals surface area contributed by atoms with Crippen LogP contribution in [0.25, 0.3) is 0 Å². The first kappa shape index (κ1) is 11.9. The average Bonchev–Trinajstić information content (AvgIpc) is 2.74. The van der Waals surface area contributed by atoms with E-state index in [2.05, 4.69) is 15.1 Å². The molecule has 0 saturated heterocycles. The molecule has 0 N–H and O–H groups in total. The molecule has 17 heavy (non-hydrogen) atoms. The van der Waals surface area contributed by atoms with Crippen molar-refractivity contribution in [3.05, 3.63) is 29.7 Å². The van der Waals surface area contributed by atoms with E-state index in [1.807, 2.05) is 13.0 Å². The van der Waals surface area contributed by atoms with Crippen molar-refractivity contribution >= 4 is 11.6 Å². The van der Waals surface area contributed by atoms with Crippen molar-refractivity contribution in [3.8, 4) is 11.9 Å². The Morgan fingerprint density at radius 3 is 2.82 bits per heavy atom. The SMILES string of the molecule is CCc1cc(CCl)cc(Oc2ncn(C)n2)n1. The number of ether oxygens (including phenoxy) is 1. The summed E-state index contributed by atoms with van der Waals surface area (Å²) in [6, 6.07) is 4.04. The molecule has 0 radical (unpaired) electrons. The summed E-state index contributed by atoms with van der Waals surface area (Å²) in [5, 5.41) is 4.03. The first-order chi connectivity index (χ1) is 8.21. The van der Waals surface area contributed by atoms with E-state index < -0.39 is 0 Å². The number of rotatable bonds is 4. The topological polar surface area (TPSA) is 52.8 Å². The summed E-state index contributed by atoms with van der Waals surface area (Å²) in [4.78, 5) is 8.31. The molecule has 0 spiro atoms. The van der Waals surface area contributed by atoms with Gasteiger partial charge >= 0.3 is 6.01 Å². The van der Waals surface area contributed by atoms with E-state index in [1.165, 1.54) is 0 Å². The Morgan fingerprint density at radius 1 is 1.41 bits per heavy atom. The summed E-state index contributed by atoms with van der Waals surface area (Å²) < 4.78 is 7.04. The van der Waals surface area contributed by atoms with Gasteiger partial charge in [-0.1, -0.05) is 6.92 Å². The molecule has 2 aromatic heterocycles. The molecular weight excluding hydrogens is 240 g/mol. The molecule has 2 aromatic rings. The van der Waals surface area contributed by atoms with Gasteiger partial charge in [-0.3, -0.25) is 4.68 Å². The molecular formula is C11H13ClN4O. The molecule has 90 valence electrons. The fourth-order valence-electron chi connectivity index (χ4n) is 1.39. The van der Waals surface area contributed by atoms with Gasteiger partial charge in [0.2, 0.25) is 5.88 Å². The number of hydrogen-bond donors (Lipinski definition) is 0. The van der Waals surface area contributed by atoms with Gasteiger partial charge in [-0.25, -0.2) is 4.98 Å². The van der Waals surface area contributed by atoms with Crippen LogP contribution >= 0.6 is 11.6 Å². The quantitative estimate of drug-likeness (QED) is 0.784. The first-order valence-electron chi connectivity index (χ1n) is 5.30. The number of alkyl halides is 1. The van der Waals surface area contributed by atoms with Crippen molar-refractivity contribution in [1.29, 1.82) is 0 Å². The monoisotopic (exact) mass is 252 g/mol. The highest BCUT2D eigenvalue weighted by Gasteiger charge is 2.06. The second kappa shape index (κ2) is 5.14.